The summed E-state index contributed by atoms with van der Waals surface area (Å²) in [5.74, 6) is -0.0154. The number of likely N-dealkylation sites (N-methyl/N-ethyl adjacent to an activating group) is 1. The van der Waals surface area contributed by atoms with Crippen LogP contribution in [0.1, 0.15) is 44.9 Å². The van der Waals surface area contributed by atoms with E-state index in [1.807, 2.05) is 0 Å². The molecule has 8 heteroatoms. The molecule has 1 saturated carbocycles. The minimum atomic E-state index is -3.18. The zero-order chi connectivity index (χ0) is 18.7. The topological polar surface area (TPSA) is 84.7 Å². The average Bonchev–Trinajstić information content (AvgIpc) is 2.60. The summed E-state index contributed by atoms with van der Waals surface area (Å²) in [5, 5.41) is 9.62. The van der Waals surface area contributed by atoms with Crippen molar-refractivity contribution >= 4 is 15.9 Å². The molecule has 2 fully saturated rings. The fraction of sp³-hybridized carbons (Fsp3) is 0.882. The molecule has 1 amide bonds. The third-order valence-corrected chi connectivity index (χ3v) is 7.20. The van der Waals surface area contributed by atoms with E-state index in [1.165, 1.54) is 10.6 Å². The first-order chi connectivity index (χ1) is 11.7. The van der Waals surface area contributed by atoms with Crippen LogP contribution in [0.2, 0.25) is 0 Å². The van der Waals surface area contributed by atoms with Gasteiger partial charge in [-0.05, 0) is 25.7 Å². The number of piperidine rings is 1. The van der Waals surface area contributed by atoms with Gasteiger partial charge in [-0.2, -0.15) is 5.26 Å². The first-order valence-electron chi connectivity index (χ1n) is 9.03. The molecule has 0 bridgehead atoms. The van der Waals surface area contributed by atoms with E-state index in [9.17, 15) is 18.5 Å². The summed E-state index contributed by atoms with van der Waals surface area (Å²) in [7, 11) is 0.192. The van der Waals surface area contributed by atoms with Gasteiger partial charge in [-0.1, -0.05) is 19.3 Å². The Hall–Kier alpha value is -1.17. The molecule has 1 aliphatic carbocycles. The van der Waals surface area contributed by atoms with Crippen LogP contribution in [-0.4, -0.2) is 80.0 Å². The monoisotopic (exact) mass is 370 g/mol. The number of carbonyl (C=O) groups is 1. The Kier molecular flexibility index (Phi) is 6.46. The van der Waals surface area contributed by atoms with E-state index in [0.29, 0.717) is 19.6 Å². The minimum Gasteiger partial charge on any atom is -0.326 e. The van der Waals surface area contributed by atoms with Crippen LogP contribution in [0.15, 0.2) is 0 Å². The Balaban J connectivity index is 1.89. The van der Waals surface area contributed by atoms with E-state index in [2.05, 4.69) is 11.0 Å². The lowest BCUT2D eigenvalue weighted by Crippen LogP contribution is -2.54. The second kappa shape index (κ2) is 8.02. The normalized spacial score (nSPS) is 22.5. The van der Waals surface area contributed by atoms with E-state index >= 15 is 0 Å². The molecule has 0 atom stereocenters. The molecular weight excluding hydrogens is 340 g/mol. The lowest BCUT2D eigenvalue weighted by atomic mass is 9.81. The van der Waals surface area contributed by atoms with Crippen LogP contribution < -0.4 is 0 Å². The summed E-state index contributed by atoms with van der Waals surface area (Å²) >= 11 is 0. The van der Waals surface area contributed by atoms with Crippen molar-refractivity contribution in [3.8, 4) is 6.07 Å². The SMILES string of the molecule is CN(C(=O)CN1CCC(N(C)S(C)(=O)=O)CC1)C1(C#N)CCCCC1. The van der Waals surface area contributed by atoms with Gasteiger partial charge in [0.15, 0.2) is 0 Å². The lowest BCUT2D eigenvalue weighted by Gasteiger charge is -2.41. The van der Waals surface area contributed by atoms with Gasteiger partial charge in [-0.3, -0.25) is 9.69 Å². The number of hydrogen-bond acceptors (Lipinski definition) is 5. The molecule has 142 valence electrons. The minimum absolute atomic E-state index is 0.00266. The number of amides is 1. The summed E-state index contributed by atoms with van der Waals surface area (Å²) in [6, 6.07) is 2.39. The first kappa shape index (κ1) is 20.1. The maximum atomic E-state index is 12.7. The van der Waals surface area contributed by atoms with Gasteiger partial charge in [0.25, 0.3) is 0 Å². The van der Waals surface area contributed by atoms with E-state index < -0.39 is 15.6 Å². The molecule has 0 spiro atoms. The van der Waals surface area contributed by atoms with E-state index in [0.717, 1.165) is 44.9 Å². The maximum absolute atomic E-state index is 12.7. The average molecular weight is 371 g/mol. The molecule has 1 saturated heterocycles. The molecule has 1 heterocycles. The number of nitriles is 1. The van der Waals surface area contributed by atoms with Crippen molar-refractivity contribution < 1.29 is 13.2 Å². The quantitative estimate of drug-likeness (QED) is 0.721. The molecule has 2 rings (SSSR count). The molecule has 0 aromatic heterocycles. The third-order valence-electron chi connectivity index (χ3n) is 5.86. The number of nitrogens with zero attached hydrogens (tertiary/aromatic N) is 4. The standard InChI is InChI=1S/C17H30N4O3S/c1-19(17(14-18)9-5-4-6-10-17)16(22)13-21-11-7-15(8-12-21)20(2)25(3,23)24/h15H,4-13H2,1-3H3. The van der Waals surface area contributed by atoms with E-state index in [-0.39, 0.29) is 11.9 Å². The molecule has 1 aliphatic heterocycles. The summed E-state index contributed by atoms with van der Waals surface area (Å²) < 4.78 is 24.7. The number of rotatable bonds is 5. The molecule has 0 radical (unpaired) electrons. The van der Waals surface area contributed by atoms with Gasteiger partial charge in [0.1, 0.15) is 5.54 Å². The lowest BCUT2D eigenvalue weighted by molar-refractivity contribution is -0.136. The van der Waals surface area contributed by atoms with E-state index in [1.54, 1.807) is 19.0 Å². The first-order valence-corrected chi connectivity index (χ1v) is 10.9. The van der Waals surface area contributed by atoms with Crippen molar-refractivity contribution in [2.75, 3.05) is 40.0 Å². The molecule has 25 heavy (non-hydrogen) atoms. The van der Waals surface area contributed by atoms with Crippen molar-refractivity contribution in [2.45, 2.75) is 56.5 Å². The predicted octanol–water partition coefficient (Wildman–Crippen LogP) is 1.03. The van der Waals surface area contributed by atoms with Crippen LogP contribution in [0, 0.1) is 11.3 Å². The summed E-state index contributed by atoms with van der Waals surface area (Å²) in [5.41, 5.74) is -0.649. The highest BCUT2D eigenvalue weighted by molar-refractivity contribution is 7.88. The zero-order valence-electron chi connectivity index (χ0n) is 15.6. The molecule has 0 unspecified atom stereocenters. The Bertz CT molecular complexity index is 614. The number of carbonyl (C=O) groups excluding carboxylic acids is 1. The molecular formula is C17H30N4O3S. The highest BCUT2D eigenvalue weighted by atomic mass is 32.2. The second-order valence-corrected chi connectivity index (χ2v) is 9.49. The largest absolute Gasteiger partial charge is 0.326 e. The highest BCUT2D eigenvalue weighted by Crippen LogP contribution is 2.32. The number of hydrogen-bond donors (Lipinski definition) is 0. The van der Waals surface area contributed by atoms with Gasteiger partial charge in [0, 0.05) is 33.2 Å². The van der Waals surface area contributed by atoms with Crippen molar-refractivity contribution in [3.05, 3.63) is 0 Å². The van der Waals surface area contributed by atoms with Gasteiger partial charge >= 0.3 is 0 Å². The smallest absolute Gasteiger partial charge is 0.237 e. The predicted molar refractivity (Wildman–Crippen MR) is 96.3 cm³/mol. The maximum Gasteiger partial charge on any atom is 0.237 e. The molecule has 0 N–H and O–H groups in total. The van der Waals surface area contributed by atoms with Crippen LogP contribution >= 0.6 is 0 Å². The van der Waals surface area contributed by atoms with Crippen LogP contribution in [0.5, 0.6) is 0 Å². The fourth-order valence-electron chi connectivity index (χ4n) is 3.91. The van der Waals surface area contributed by atoms with Crippen LogP contribution in [0.3, 0.4) is 0 Å². The number of likely N-dealkylation sites (tertiary alicyclic amines) is 1. The molecule has 7 nitrogen and oxygen atoms in total. The Morgan fingerprint density at radius 1 is 1.20 bits per heavy atom. The summed E-state index contributed by atoms with van der Waals surface area (Å²) in [6.45, 7) is 1.70. The number of sulfonamides is 1. The highest BCUT2D eigenvalue weighted by Gasteiger charge is 2.39. The molecule has 0 aromatic rings. The molecule has 0 aromatic carbocycles. The van der Waals surface area contributed by atoms with E-state index in [4.69, 9.17) is 0 Å². The zero-order valence-corrected chi connectivity index (χ0v) is 16.4. The van der Waals surface area contributed by atoms with Gasteiger partial charge in [0.05, 0.1) is 18.9 Å². The van der Waals surface area contributed by atoms with Crippen LogP contribution in [-0.2, 0) is 14.8 Å². The Morgan fingerprint density at radius 2 is 1.76 bits per heavy atom. The third kappa shape index (κ3) is 4.72. The van der Waals surface area contributed by atoms with Crippen molar-refractivity contribution in [3.63, 3.8) is 0 Å². The van der Waals surface area contributed by atoms with Gasteiger partial charge in [0.2, 0.25) is 15.9 Å². The van der Waals surface area contributed by atoms with Crippen molar-refractivity contribution in [1.82, 2.24) is 14.1 Å². The van der Waals surface area contributed by atoms with Gasteiger partial charge in [-0.25, -0.2) is 12.7 Å². The van der Waals surface area contributed by atoms with Crippen molar-refractivity contribution in [2.24, 2.45) is 0 Å². The molecule has 2 aliphatic rings. The van der Waals surface area contributed by atoms with Gasteiger partial charge < -0.3 is 4.90 Å². The summed E-state index contributed by atoms with van der Waals surface area (Å²) in [4.78, 5) is 16.4. The Labute approximate surface area is 151 Å². The van der Waals surface area contributed by atoms with Crippen molar-refractivity contribution in [1.29, 1.82) is 5.26 Å². The Morgan fingerprint density at radius 3 is 2.24 bits per heavy atom. The van der Waals surface area contributed by atoms with Crippen LogP contribution in [0.4, 0.5) is 0 Å². The summed E-state index contributed by atoms with van der Waals surface area (Å²) in [6.07, 6.45) is 7.31. The van der Waals surface area contributed by atoms with Crippen LogP contribution in [0.25, 0.3) is 0 Å². The van der Waals surface area contributed by atoms with Gasteiger partial charge in [-0.15, -0.1) is 0 Å². The fourth-order valence-corrected chi connectivity index (χ4v) is 4.66. The second-order valence-electron chi connectivity index (χ2n) is 7.44.